The van der Waals surface area contributed by atoms with Crippen LogP contribution in [0.4, 0.5) is 22.0 Å². The van der Waals surface area contributed by atoms with Crippen molar-refractivity contribution in [2.75, 3.05) is 6.67 Å². The molecule has 0 aliphatic heterocycles. The van der Waals surface area contributed by atoms with Crippen LogP contribution in [0.1, 0.15) is 13.8 Å². The Bertz CT molecular complexity index is 571. The van der Waals surface area contributed by atoms with Crippen LogP contribution in [0.3, 0.4) is 0 Å². The van der Waals surface area contributed by atoms with Gasteiger partial charge in [0.25, 0.3) is 0 Å². The van der Waals surface area contributed by atoms with Gasteiger partial charge in [0, 0.05) is 0 Å². The highest BCUT2D eigenvalue weighted by Gasteiger charge is 2.62. The predicted octanol–water partition coefficient (Wildman–Crippen LogP) is 4.31. The molecular weight excluding hydrogens is 343 g/mol. The first kappa shape index (κ1) is 19.5. The third kappa shape index (κ3) is 4.47. The minimum atomic E-state index is -4.72. The molecule has 8 heteroatoms. The molecule has 128 valence electrons. The van der Waals surface area contributed by atoms with E-state index in [1.807, 2.05) is 5.92 Å². The van der Waals surface area contributed by atoms with Gasteiger partial charge in [0.05, 0.1) is 5.92 Å². The number of carbonyl (C=O) groups excluding carboxylic acids is 1. The number of terminal acetylenes is 1. The Hall–Kier alpha value is -1.55. The van der Waals surface area contributed by atoms with Crippen LogP contribution in [0.15, 0.2) is 23.0 Å². The molecule has 0 saturated heterocycles. The maximum absolute atomic E-state index is 13.4. The number of rotatable bonds is 5. The molecule has 1 fully saturated rings. The number of esters is 1. The molecule has 1 aliphatic rings. The van der Waals surface area contributed by atoms with E-state index in [9.17, 15) is 26.7 Å². The van der Waals surface area contributed by atoms with Gasteiger partial charge in [0.2, 0.25) is 6.10 Å². The Morgan fingerprint density at radius 2 is 2.04 bits per heavy atom. The van der Waals surface area contributed by atoms with Crippen molar-refractivity contribution < 1.29 is 31.5 Å². The maximum Gasteiger partial charge on any atom is 0.426 e. The van der Waals surface area contributed by atoms with Gasteiger partial charge < -0.3 is 4.74 Å². The number of carbonyl (C=O) groups is 1. The minimum Gasteiger partial charge on any atom is -0.441 e. The first-order valence-electron chi connectivity index (χ1n) is 6.49. The molecule has 0 radical (unpaired) electrons. The van der Waals surface area contributed by atoms with Crippen LogP contribution in [0, 0.1) is 29.6 Å². The Labute approximate surface area is 135 Å². The maximum atomic E-state index is 13.4. The lowest BCUT2D eigenvalue weighted by Crippen LogP contribution is -2.20. The van der Waals surface area contributed by atoms with Gasteiger partial charge in [-0.2, -0.15) is 13.2 Å². The molecule has 3 unspecified atom stereocenters. The first-order chi connectivity index (χ1) is 10.5. The summed E-state index contributed by atoms with van der Waals surface area (Å²) in [4.78, 5) is 12.0. The van der Waals surface area contributed by atoms with Gasteiger partial charge in [0.1, 0.15) is 11.7 Å². The van der Waals surface area contributed by atoms with E-state index >= 15 is 0 Å². The van der Waals surface area contributed by atoms with Crippen LogP contribution in [0.25, 0.3) is 0 Å². The summed E-state index contributed by atoms with van der Waals surface area (Å²) in [5.74, 6) is -2.06. The SMILES string of the molecule is C#CC(OC(=O)C1C(C=C(Cl)C(F)(F)F)C1(C)C)C(F)=CCF. The Morgan fingerprint density at radius 3 is 2.48 bits per heavy atom. The van der Waals surface area contributed by atoms with Crippen LogP contribution in [0.2, 0.25) is 0 Å². The highest BCUT2D eigenvalue weighted by Crippen LogP contribution is 2.60. The Balaban J connectivity index is 2.86. The van der Waals surface area contributed by atoms with E-state index in [0.717, 1.165) is 6.08 Å². The average molecular weight is 357 g/mol. The van der Waals surface area contributed by atoms with Gasteiger partial charge in [-0.15, -0.1) is 6.42 Å². The lowest BCUT2D eigenvalue weighted by Gasteiger charge is -2.11. The number of hydrogen-bond donors (Lipinski definition) is 0. The number of alkyl halides is 4. The zero-order valence-corrected chi connectivity index (χ0v) is 13.0. The molecule has 0 aromatic rings. The molecule has 0 amide bonds. The zero-order chi connectivity index (χ0) is 18.0. The second-order valence-corrected chi connectivity index (χ2v) is 5.97. The summed E-state index contributed by atoms with van der Waals surface area (Å²) in [6.45, 7) is 1.95. The van der Waals surface area contributed by atoms with Crippen LogP contribution in [-0.4, -0.2) is 24.9 Å². The monoisotopic (exact) mass is 356 g/mol. The highest BCUT2D eigenvalue weighted by atomic mass is 35.5. The van der Waals surface area contributed by atoms with E-state index in [1.54, 1.807) is 13.8 Å². The van der Waals surface area contributed by atoms with Crippen molar-refractivity contribution in [3.05, 3.63) is 23.0 Å². The number of ether oxygens (including phenoxy) is 1. The lowest BCUT2D eigenvalue weighted by atomic mass is 10.1. The summed E-state index contributed by atoms with van der Waals surface area (Å²) >= 11 is 5.15. The van der Waals surface area contributed by atoms with Crippen molar-refractivity contribution in [1.82, 2.24) is 0 Å². The van der Waals surface area contributed by atoms with E-state index in [4.69, 9.17) is 22.8 Å². The summed E-state index contributed by atoms with van der Waals surface area (Å²) in [5, 5.41) is -1.34. The summed E-state index contributed by atoms with van der Waals surface area (Å²) in [7, 11) is 0. The van der Waals surface area contributed by atoms with Crippen molar-refractivity contribution >= 4 is 17.6 Å². The van der Waals surface area contributed by atoms with Crippen LogP contribution < -0.4 is 0 Å². The molecule has 0 bridgehead atoms. The highest BCUT2D eigenvalue weighted by molar-refractivity contribution is 6.30. The van der Waals surface area contributed by atoms with E-state index in [0.29, 0.717) is 6.08 Å². The molecule has 3 atom stereocenters. The van der Waals surface area contributed by atoms with Gasteiger partial charge in [-0.1, -0.05) is 37.4 Å². The van der Waals surface area contributed by atoms with Crippen molar-refractivity contribution in [2.24, 2.45) is 17.3 Å². The average Bonchev–Trinajstić information content (AvgIpc) is 2.96. The molecule has 0 heterocycles. The molecule has 0 aromatic carbocycles. The third-order valence-electron chi connectivity index (χ3n) is 3.67. The summed E-state index contributed by atoms with van der Waals surface area (Å²) in [6, 6.07) is 0. The molecule has 0 N–H and O–H groups in total. The second kappa shape index (κ2) is 6.91. The van der Waals surface area contributed by atoms with Crippen molar-refractivity contribution in [2.45, 2.75) is 26.1 Å². The van der Waals surface area contributed by atoms with Gasteiger partial charge in [-0.05, 0) is 17.4 Å². The Morgan fingerprint density at radius 1 is 1.48 bits per heavy atom. The third-order valence-corrected chi connectivity index (χ3v) is 4.01. The standard InChI is InChI=1S/C15H14ClF5O2/c1-4-10(9(18)5-6-17)23-13(22)12-8(14(12,2)3)7-11(16)15(19,20)21/h1,5,7-8,10,12H,6H2,2-3H3. The molecule has 1 saturated carbocycles. The van der Waals surface area contributed by atoms with Crippen LogP contribution >= 0.6 is 11.6 Å². The quantitative estimate of drug-likeness (QED) is 0.417. The molecular formula is C15H14ClF5O2. The lowest BCUT2D eigenvalue weighted by molar-refractivity contribution is -0.148. The number of halogens is 6. The predicted molar refractivity (Wildman–Crippen MR) is 74.6 cm³/mol. The van der Waals surface area contributed by atoms with E-state index in [1.165, 1.54) is 0 Å². The fraction of sp³-hybridized carbons (Fsp3) is 0.533. The topological polar surface area (TPSA) is 26.3 Å². The van der Waals surface area contributed by atoms with Gasteiger partial charge in [-0.25, -0.2) is 8.78 Å². The normalized spacial score (nSPS) is 25.5. The van der Waals surface area contributed by atoms with Gasteiger partial charge in [0.15, 0.2) is 5.83 Å². The van der Waals surface area contributed by atoms with Crippen LogP contribution in [0.5, 0.6) is 0 Å². The summed E-state index contributed by atoms with van der Waals surface area (Å²) in [6.07, 6.45) is -0.190. The summed E-state index contributed by atoms with van der Waals surface area (Å²) in [5.41, 5.74) is -0.845. The van der Waals surface area contributed by atoms with Crippen molar-refractivity contribution in [1.29, 1.82) is 0 Å². The van der Waals surface area contributed by atoms with Crippen LogP contribution in [-0.2, 0) is 9.53 Å². The summed E-state index contributed by atoms with van der Waals surface area (Å²) < 4.78 is 67.5. The van der Waals surface area contributed by atoms with Crippen molar-refractivity contribution in [3.8, 4) is 12.3 Å². The fourth-order valence-electron chi connectivity index (χ4n) is 2.23. The van der Waals surface area contributed by atoms with Crippen molar-refractivity contribution in [3.63, 3.8) is 0 Å². The fourth-order valence-corrected chi connectivity index (χ4v) is 2.37. The number of hydrogen-bond acceptors (Lipinski definition) is 2. The van der Waals surface area contributed by atoms with E-state index in [2.05, 4.69) is 0 Å². The molecule has 2 nitrogen and oxygen atoms in total. The van der Waals surface area contributed by atoms with E-state index in [-0.39, 0.29) is 0 Å². The largest absolute Gasteiger partial charge is 0.441 e. The zero-order valence-electron chi connectivity index (χ0n) is 12.3. The van der Waals surface area contributed by atoms with E-state index < -0.39 is 53.0 Å². The molecule has 0 aromatic heterocycles. The van der Waals surface area contributed by atoms with Gasteiger partial charge >= 0.3 is 12.1 Å². The van der Waals surface area contributed by atoms with Gasteiger partial charge in [-0.3, -0.25) is 4.79 Å². The Kier molecular flexibility index (Phi) is 5.86. The molecule has 23 heavy (non-hydrogen) atoms. The smallest absolute Gasteiger partial charge is 0.426 e. The second-order valence-electron chi connectivity index (χ2n) is 5.56. The molecule has 1 rings (SSSR count). The minimum absolute atomic E-state index is 0.508. The molecule has 1 aliphatic carbocycles. The first-order valence-corrected chi connectivity index (χ1v) is 6.87. The number of allylic oxidation sites excluding steroid dienone is 3. The molecule has 0 spiro atoms.